The second-order valence-corrected chi connectivity index (χ2v) is 7.61. The molecule has 33 heavy (non-hydrogen) atoms. The SMILES string of the molecule is Clc1ccc(-c2cc(=[NH+]c3cccc4ccccc34)c3ccccc3o2)cc1.F[B-](F)(F)F. The van der Waals surface area contributed by atoms with Gasteiger partial charge in [0.05, 0.1) is 16.8 Å². The predicted octanol–water partition coefficient (Wildman–Crippen LogP) is 6.52. The van der Waals surface area contributed by atoms with Crippen LogP contribution in [0.25, 0.3) is 33.1 Å². The maximum Gasteiger partial charge on any atom is 0.673 e. The normalized spacial score (nSPS) is 12.0. The Labute approximate surface area is 191 Å². The zero-order chi connectivity index (χ0) is 23.4. The van der Waals surface area contributed by atoms with Crippen LogP contribution in [0.3, 0.4) is 0 Å². The Morgan fingerprint density at radius 3 is 2.03 bits per heavy atom. The van der Waals surface area contributed by atoms with Crippen molar-refractivity contribution in [1.82, 2.24) is 0 Å². The van der Waals surface area contributed by atoms with Crippen molar-refractivity contribution in [2.24, 2.45) is 0 Å². The van der Waals surface area contributed by atoms with E-state index in [0.717, 1.165) is 33.3 Å². The highest BCUT2D eigenvalue weighted by Gasteiger charge is 2.20. The molecule has 0 aliphatic carbocycles. The fraction of sp³-hybridized carbons (Fsp3) is 0. The van der Waals surface area contributed by atoms with E-state index in [1.165, 1.54) is 10.8 Å². The summed E-state index contributed by atoms with van der Waals surface area (Å²) in [5.41, 5.74) is 2.88. The Balaban J connectivity index is 0.000000471. The molecular formula is C25H17BClF4NO. The van der Waals surface area contributed by atoms with Gasteiger partial charge in [0.25, 0.3) is 0 Å². The van der Waals surface area contributed by atoms with Gasteiger partial charge in [-0.3, -0.25) is 0 Å². The number of halogens is 5. The minimum absolute atomic E-state index is 0.707. The highest BCUT2D eigenvalue weighted by molar-refractivity contribution is 6.50. The van der Waals surface area contributed by atoms with Gasteiger partial charge < -0.3 is 21.7 Å². The lowest BCUT2D eigenvalue weighted by Crippen LogP contribution is -2.70. The van der Waals surface area contributed by atoms with E-state index in [9.17, 15) is 17.3 Å². The fourth-order valence-corrected chi connectivity index (χ4v) is 3.60. The summed E-state index contributed by atoms with van der Waals surface area (Å²) >= 11 is 6.05. The molecule has 0 spiro atoms. The van der Waals surface area contributed by atoms with Crippen LogP contribution in [0, 0.1) is 0 Å². The van der Waals surface area contributed by atoms with Gasteiger partial charge >= 0.3 is 7.25 Å². The summed E-state index contributed by atoms with van der Waals surface area (Å²) in [5.74, 6) is 0.790. The van der Waals surface area contributed by atoms with E-state index < -0.39 is 7.25 Å². The van der Waals surface area contributed by atoms with Crippen molar-refractivity contribution in [3.63, 3.8) is 0 Å². The Hall–Kier alpha value is -3.58. The molecule has 5 aromatic rings. The molecule has 0 aliphatic rings. The van der Waals surface area contributed by atoms with Gasteiger partial charge in [0, 0.05) is 16.7 Å². The topological polar surface area (TPSA) is 27.1 Å². The summed E-state index contributed by atoms with van der Waals surface area (Å²) < 4.78 is 45.2. The summed E-state index contributed by atoms with van der Waals surface area (Å²) in [7, 11) is -6.00. The quantitative estimate of drug-likeness (QED) is 0.231. The monoisotopic (exact) mass is 469 g/mol. The largest absolute Gasteiger partial charge is 0.673 e. The van der Waals surface area contributed by atoms with Crippen LogP contribution < -0.4 is 10.3 Å². The zero-order valence-electron chi connectivity index (χ0n) is 17.1. The molecule has 8 heteroatoms. The minimum atomic E-state index is -6.00. The van der Waals surface area contributed by atoms with Crippen molar-refractivity contribution in [3.05, 3.63) is 107 Å². The first-order valence-corrected chi connectivity index (χ1v) is 10.4. The van der Waals surface area contributed by atoms with Crippen molar-refractivity contribution in [2.45, 2.75) is 0 Å². The zero-order valence-corrected chi connectivity index (χ0v) is 17.9. The first-order chi connectivity index (χ1) is 15.8. The van der Waals surface area contributed by atoms with Crippen molar-refractivity contribution in [3.8, 4) is 11.3 Å². The molecule has 0 saturated heterocycles. The number of rotatable bonds is 2. The van der Waals surface area contributed by atoms with Gasteiger partial charge in [0.2, 0.25) is 11.0 Å². The fourth-order valence-electron chi connectivity index (χ4n) is 3.47. The van der Waals surface area contributed by atoms with Crippen LogP contribution in [0.15, 0.2) is 101 Å². The van der Waals surface area contributed by atoms with Gasteiger partial charge in [-0.2, -0.15) is 0 Å². The highest BCUT2D eigenvalue weighted by atomic mass is 35.5. The molecule has 0 aliphatic heterocycles. The third-order valence-corrected chi connectivity index (χ3v) is 5.11. The van der Waals surface area contributed by atoms with E-state index in [1.807, 2.05) is 48.5 Å². The van der Waals surface area contributed by atoms with Crippen LogP contribution in [0.5, 0.6) is 0 Å². The molecular weight excluding hydrogens is 453 g/mol. The highest BCUT2D eigenvalue weighted by Crippen LogP contribution is 2.23. The van der Waals surface area contributed by atoms with Gasteiger partial charge in [0.1, 0.15) is 11.3 Å². The third-order valence-electron chi connectivity index (χ3n) is 4.86. The lowest BCUT2D eigenvalue weighted by molar-refractivity contribution is -0.399. The second-order valence-electron chi connectivity index (χ2n) is 7.17. The first kappa shape index (κ1) is 22.6. The smallest absolute Gasteiger partial charge is 0.456 e. The van der Waals surface area contributed by atoms with E-state index >= 15 is 0 Å². The van der Waals surface area contributed by atoms with Gasteiger partial charge in [-0.1, -0.05) is 54.1 Å². The molecule has 0 unspecified atom stereocenters. The minimum Gasteiger partial charge on any atom is -0.456 e. The maximum atomic E-state index is 9.75. The van der Waals surface area contributed by atoms with Crippen LogP contribution in [0.1, 0.15) is 0 Å². The van der Waals surface area contributed by atoms with Crippen molar-refractivity contribution in [2.75, 3.05) is 0 Å². The Morgan fingerprint density at radius 1 is 0.697 bits per heavy atom. The Bertz CT molecular complexity index is 1470. The van der Waals surface area contributed by atoms with E-state index in [2.05, 4.69) is 53.5 Å². The van der Waals surface area contributed by atoms with Crippen LogP contribution >= 0.6 is 11.6 Å². The molecule has 0 radical (unpaired) electrons. The molecule has 166 valence electrons. The van der Waals surface area contributed by atoms with Crippen LogP contribution in [-0.2, 0) is 0 Å². The van der Waals surface area contributed by atoms with E-state index in [-0.39, 0.29) is 0 Å². The van der Waals surface area contributed by atoms with E-state index in [0.29, 0.717) is 5.02 Å². The summed E-state index contributed by atoms with van der Waals surface area (Å²) in [5, 5.41) is 5.13. The van der Waals surface area contributed by atoms with Gasteiger partial charge in [-0.15, -0.1) is 0 Å². The van der Waals surface area contributed by atoms with Crippen LogP contribution in [-0.4, -0.2) is 7.25 Å². The van der Waals surface area contributed by atoms with Crippen molar-refractivity contribution < 1.29 is 26.7 Å². The van der Waals surface area contributed by atoms with Crippen molar-refractivity contribution in [1.29, 1.82) is 0 Å². The van der Waals surface area contributed by atoms with Gasteiger partial charge in [-0.25, -0.2) is 4.99 Å². The summed E-state index contributed by atoms with van der Waals surface area (Å²) in [4.78, 5) is 3.63. The molecule has 0 atom stereocenters. The Kier molecular flexibility index (Phi) is 6.51. The predicted molar refractivity (Wildman–Crippen MR) is 125 cm³/mol. The number of benzene rings is 4. The van der Waals surface area contributed by atoms with E-state index in [4.69, 9.17) is 16.0 Å². The summed E-state index contributed by atoms with van der Waals surface area (Å²) in [6, 6.07) is 32.5. The molecule has 1 N–H and O–H groups in total. The number of para-hydroxylation sites is 1. The van der Waals surface area contributed by atoms with Crippen LogP contribution in [0.4, 0.5) is 23.0 Å². The summed E-state index contributed by atoms with van der Waals surface area (Å²) in [6.45, 7) is 0. The Morgan fingerprint density at radius 2 is 1.30 bits per heavy atom. The standard InChI is InChI=1S/C25H16ClNO.BF4/c26-19-14-12-18(13-15-19)25-16-23(21-9-3-4-11-24(21)28-25)27-22-10-5-7-17-6-1-2-8-20(17)22;2-1(3,4)5/h1-16H;/q;-1/p+1. The first-order valence-electron chi connectivity index (χ1n) is 10.0. The lowest BCUT2D eigenvalue weighted by Gasteiger charge is -2.03. The van der Waals surface area contributed by atoms with Crippen molar-refractivity contribution >= 4 is 46.3 Å². The molecule has 4 aromatic carbocycles. The number of hydrogen-bond donors (Lipinski definition) is 1. The molecule has 1 heterocycles. The average Bonchev–Trinajstić information content (AvgIpc) is 2.79. The molecule has 0 saturated carbocycles. The van der Waals surface area contributed by atoms with Gasteiger partial charge in [0.15, 0.2) is 0 Å². The molecule has 0 bridgehead atoms. The molecule has 2 nitrogen and oxygen atoms in total. The van der Waals surface area contributed by atoms with E-state index in [1.54, 1.807) is 0 Å². The summed E-state index contributed by atoms with van der Waals surface area (Å²) in [6.07, 6.45) is 0. The average molecular weight is 470 g/mol. The number of hydrogen-bond acceptors (Lipinski definition) is 1. The molecule has 1 aromatic heterocycles. The van der Waals surface area contributed by atoms with Gasteiger partial charge in [-0.05, 0) is 47.9 Å². The second kappa shape index (κ2) is 9.51. The molecule has 0 amide bonds. The molecule has 0 fully saturated rings. The number of fused-ring (bicyclic) bond motifs is 2. The third kappa shape index (κ3) is 5.81. The lowest BCUT2D eigenvalue weighted by atomic mass is 10.1. The van der Waals surface area contributed by atoms with Crippen LogP contribution in [0.2, 0.25) is 5.02 Å². The molecule has 5 rings (SSSR count). The maximum absolute atomic E-state index is 9.75. The number of nitrogens with one attached hydrogen (secondary N) is 1.